The largest absolute Gasteiger partial charge is 0.530 e. The van der Waals surface area contributed by atoms with Gasteiger partial charge in [-0.1, -0.05) is 0 Å². The zero-order valence-corrected chi connectivity index (χ0v) is 6.00. The number of carbonyl (C=O) groups excluding carboxylic acids is 1. The van der Waals surface area contributed by atoms with Gasteiger partial charge < -0.3 is 15.2 Å². The summed E-state index contributed by atoms with van der Waals surface area (Å²) in [5, 5.41) is 12.1. The molecule has 1 aromatic heterocycles. The molecule has 0 aromatic carbocycles. The van der Waals surface area contributed by atoms with Crippen LogP contribution in [-0.2, 0) is 0 Å². The van der Waals surface area contributed by atoms with Gasteiger partial charge in [-0.3, -0.25) is 4.98 Å². The Morgan fingerprint density at radius 2 is 2.36 bits per heavy atom. The fourth-order valence-corrected chi connectivity index (χ4v) is 0.741. The number of anilines is 1. The molecule has 0 radical (unpaired) electrons. The molecule has 1 heterocycles. The van der Waals surface area contributed by atoms with E-state index in [1.807, 2.05) is 6.92 Å². The van der Waals surface area contributed by atoms with E-state index < -0.39 is 6.09 Å². The molecule has 0 spiro atoms. The van der Waals surface area contributed by atoms with Crippen LogP contribution in [0.25, 0.3) is 0 Å². The number of carbonyl (C=O) groups is 1. The first-order valence-electron chi connectivity index (χ1n) is 3.08. The van der Waals surface area contributed by atoms with E-state index >= 15 is 0 Å². The third-order valence-electron chi connectivity index (χ3n) is 1.12. The first kappa shape index (κ1) is 7.53. The molecular weight excluding hydrogens is 144 g/mol. The molecule has 0 bridgehead atoms. The Morgan fingerprint density at radius 1 is 1.64 bits per heavy atom. The average molecular weight is 151 g/mol. The second-order valence-corrected chi connectivity index (χ2v) is 2.16. The van der Waals surface area contributed by atoms with Gasteiger partial charge in [0.05, 0.1) is 11.9 Å². The fraction of sp³-hybridized carbons (Fsp3) is 0.143. The van der Waals surface area contributed by atoms with Gasteiger partial charge in [0.2, 0.25) is 0 Å². The van der Waals surface area contributed by atoms with Crippen molar-refractivity contribution in [2.75, 3.05) is 5.32 Å². The summed E-state index contributed by atoms with van der Waals surface area (Å²) in [6.07, 6.45) is 1.74. The third kappa shape index (κ3) is 2.25. The zero-order valence-electron chi connectivity index (χ0n) is 6.00. The summed E-state index contributed by atoms with van der Waals surface area (Å²) in [4.78, 5) is 13.8. The molecule has 0 atom stereocenters. The number of hydrogen-bond donors (Lipinski definition) is 1. The maximum Gasteiger partial charge on any atom is 0.138 e. The van der Waals surface area contributed by atoms with Crippen LogP contribution in [0.15, 0.2) is 18.5 Å². The van der Waals surface area contributed by atoms with Gasteiger partial charge in [0.1, 0.15) is 6.09 Å². The number of aromatic nitrogens is 1. The Balaban J connectivity index is 2.79. The van der Waals surface area contributed by atoms with Gasteiger partial charge in [-0.05, 0) is 18.6 Å². The lowest BCUT2D eigenvalue weighted by Crippen LogP contribution is -2.28. The minimum Gasteiger partial charge on any atom is -0.530 e. The van der Waals surface area contributed by atoms with E-state index in [1.54, 1.807) is 12.3 Å². The zero-order chi connectivity index (χ0) is 8.27. The van der Waals surface area contributed by atoms with Crippen molar-refractivity contribution in [2.45, 2.75) is 6.92 Å². The van der Waals surface area contributed by atoms with Crippen molar-refractivity contribution in [3.63, 3.8) is 0 Å². The molecule has 1 aromatic rings. The lowest BCUT2D eigenvalue weighted by Gasteiger charge is -2.05. The van der Waals surface area contributed by atoms with E-state index in [1.165, 1.54) is 6.20 Å². The van der Waals surface area contributed by atoms with Crippen molar-refractivity contribution in [2.24, 2.45) is 0 Å². The van der Waals surface area contributed by atoms with Crippen LogP contribution in [0, 0.1) is 6.92 Å². The van der Waals surface area contributed by atoms with E-state index in [4.69, 9.17) is 0 Å². The standard InChI is InChI=1S/C7H8N2O2/c1-5-2-6(4-8-3-5)9-7(10)11/h2-4,9H,1H3,(H,10,11)/p-1. The molecule has 1 amide bonds. The lowest BCUT2D eigenvalue weighted by atomic mass is 10.3. The van der Waals surface area contributed by atoms with Crippen LogP contribution in [-0.4, -0.2) is 11.1 Å². The number of nitrogens with zero attached hydrogens (tertiary/aromatic N) is 1. The van der Waals surface area contributed by atoms with Crippen molar-refractivity contribution >= 4 is 11.8 Å². The van der Waals surface area contributed by atoms with E-state index in [0.717, 1.165) is 5.56 Å². The maximum absolute atomic E-state index is 10.0. The highest BCUT2D eigenvalue weighted by atomic mass is 16.4. The first-order valence-corrected chi connectivity index (χ1v) is 3.08. The number of aryl methyl sites for hydroxylation is 1. The molecule has 0 unspecified atom stereocenters. The van der Waals surface area contributed by atoms with Crippen molar-refractivity contribution in [3.8, 4) is 0 Å². The van der Waals surface area contributed by atoms with Crippen LogP contribution in [0.3, 0.4) is 0 Å². The predicted octanol–water partition coefficient (Wildman–Crippen LogP) is 0.145. The van der Waals surface area contributed by atoms with Crippen LogP contribution in [0.1, 0.15) is 5.56 Å². The summed E-state index contributed by atoms with van der Waals surface area (Å²) in [5.41, 5.74) is 1.33. The highest BCUT2D eigenvalue weighted by Gasteiger charge is 1.90. The molecule has 11 heavy (non-hydrogen) atoms. The second kappa shape index (κ2) is 3.01. The number of pyridine rings is 1. The fourth-order valence-electron chi connectivity index (χ4n) is 0.741. The van der Waals surface area contributed by atoms with Gasteiger partial charge in [-0.2, -0.15) is 0 Å². The van der Waals surface area contributed by atoms with Crippen molar-refractivity contribution in [1.29, 1.82) is 0 Å². The normalized spacial score (nSPS) is 9.18. The third-order valence-corrected chi connectivity index (χ3v) is 1.12. The molecule has 0 aliphatic heterocycles. The molecule has 0 fully saturated rings. The second-order valence-electron chi connectivity index (χ2n) is 2.16. The van der Waals surface area contributed by atoms with Crippen LogP contribution >= 0.6 is 0 Å². The summed E-state index contributed by atoms with van der Waals surface area (Å²) in [6, 6.07) is 1.67. The Bertz CT molecular complexity index is 273. The van der Waals surface area contributed by atoms with Gasteiger partial charge in [-0.15, -0.1) is 0 Å². The Hall–Kier alpha value is -1.58. The van der Waals surface area contributed by atoms with Crippen LogP contribution in [0.5, 0.6) is 0 Å². The number of hydrogen-bond acceptors (Lipinski definition) is 3. The van der Waals surface area contributed by atoms with Crippen molar-refractivity contribution < 1.29 is 9.90 Å². The Morgan fingerprint density at radius 3 is 2.91 bits per heavy atom. The van der Waals surface area contributed by atoms with Gasteiger partial charge in [-0.25, -0.2) is 0 Å². The van der Waals surface area contributed by atoms with Crippen LogP contribution in [0.2, 0.25) is 0 Å². The minimum absolute atomic E-state index is 0.435. The minimum atomic E-state index is -1.32. The quantitative estimate of drug-likeness (QED) is 0.621. The Kier molecular flexibility index (Phi) is 2.06. The number of nitrogens with one attached hydrogen (secondary N) is 1. The average Bonchev–Trinajstić information content (AvgIpc) is 1.85. The van der Waals surface area contributed by atoms with Crippen molar-refractivity contribution in [3.05, 3.63) is 24.0 Å². The van der Waals surface area contributed by atoms with Crippen LogP contribution in [0.4, 0.5) is 10.5 Å². The van der Waals surface area contributed by atoms with Gasteiger partial charge in [0, 0.05) is 6.20 Å². The molecule has 4 heteroatoms. The molecule has 1 rings (SSSR count). The summed E-state index contributed by atoms with van der Waals surface area (Å²) in [6.45, 7) is 1.83. The van der Waals surface area contributed by atoms with E-state index in [2.05, 4.69) is 10.3 Å². The SMILES string of the molecule is Cc1cncc(NC(=O)[O-])c1. The molecule has 4 nitrogen and oxygen atoms in total. The topological polar surface area (TPSA) is 65.0 Å². The monoisotopic (exact) mass is 151 g/mol. The molecule has 1 N–H and O–H groups in total. The Labute approximate surface area is 63.9 Å². The van der Waals surface area contributed by atoms with Crippen molar-refractivity contribution in [1.82, 2.24) is 4.98 Å². The molecule has 0 saturated heterocycles. The molecule has 0 aliphatic rings. The first-order chi connectivity index (χ1) is 5.18. The highest BCUT2D eigenvalue weighted by molar-refractivity contribution is 5.80. The number of amides is 1. The number of carboxylic acid groups (broad SMARTS) is 1. The van der Waals surface area contributed by atoms with Gasteiger partial charge in [0.25, 0.3) is 0 Å². The molecule has 0 aliphatic carbocycles. The van der Waals surface area contributed by atoms with E-state index in [9.17, 15) is 9.90 Å². The highest BCUT2D eigenvalue weighted by Crippen LogP contribution is 2.05. The summed E-state index contributed by atoms with van der Waals surface area (Å²) in [5.74, 6) is 0. The van der Waals surface area contributed by atoms with Gasteiger partial charge >= 0.3 is 0 Å². The summed E-state index contributed by atoms with van der Waals surface area (Å²) < 4.78 is 0. The smallest absolute Gasteiger partial charge is 0.138 e. The summed E-state index contributed by atoms with van der Waals surface area (Å²) in [7, 11) is 0. The maximum atomic E-state index is 10.0. The van der Waals surface area contributed by atoms with E-state index in [-0.39, 0.29) is 0 Å². The molecular formula is C7H7N2O2-. The lowest BCUT2D eigenvalue weighted by molar-refractivity contribution is -0.242. The van der Waals surface area contributed by atoms with Gasteiger partial charge in [0.15, 0.2) is 0 Å². The molecule has 0 saturated carbocycles. The van der Waals surface area contributed by atoms with Crippen LogP contribution < -0.4 is 10.4 Å². The molecule has 58 valence electrons. The number of rotatable bonds is 1. The summed E-state index contributed by atoms with van der Waals surface area (Å²) >= 11 is 0. The van der Waals surface area contributed by atoms with E-state index in [0.29, 0.717) is 5.69 Å². The predicted molar refractivity (Wildman–Crippen MR) is 38.0 cm³/mol.